The Morgan fingerprint density at radius 2 is 1.85 bits per heavy atom. The van der Waals surface area contributed by atoms with Gasteiger partial charge in [-0.2, -0.15) is 0 Å². The van der Waals surface area contributed by atoms with Gasteiger partial charge in [0.25, 0.3) is 0 Å². The predicted molar refractivity (Wildman–Crippen MR) is 88.1 cm³/mol. The van der Waals surface area contributed by atoms with Gasteiger partial charge in [0, 0.05) is 31.2 Å². The monoisotopic (exact) mass is 280 g/mol. The van der Waals surface area contributed by atoms with Crippen LogP contribution in [-0.2, 0) is 0 Å². The summed E-state index contributed by atoms with van der Waals surface area (Å²) in [5.74, 6) is 1.84. The van der Waals surface area contributed by atoms with Gasteiger partial charge in [-0.05, 0) is 50.9 Å². The topological polar surface area (TPSA) is 15.3 Å². The third kappa shape index (κ3) is 4.46. The number of hydrogen-bond donors (Lipinski definition) is 1. The molecule has 1 heterocycles. The Bertz CT molecular complexity index is 269. The first-order valence-electron chi connectivity index (χ1n) is 9.09. The lowest BCUT2D eigenvalue weighted by molar-refractivity contribution is 0.0555. The molecule has 1 aliphatic heterocycles. The van der Waals surface area contributed by atoms with Gasteiger partial charge in [-0.1, -0.05) is 33.6 Å². The van der Waals surface area contributed by atoms with Crippen molar-refractivity contribution < 1.29 is 0 Å². The first-order valence-corrected chi connectivity index (χ1v) is 9.09. The van der Waals surface area contributed by atoms with E-state index in [0.29, 0.717) is 0 Å². The first kappa shape index (κ1) is 16.3. The SMILES string of the molecule is CCCC1CCC(N2CC(CC(C)C)NCC2C)CC1. The van der Waals surface area contributed by atoms with Crippen LogP contribution in [0.25, 0.3) is 0 Å². The molecule has 118 valence electrons. The van der Waals surface area contributed by atoms with Crippen molar-refractivity contribution in [2.24, 2.45) is 11.8 Å². The lowest BCUT2D eigenvalue weighted by atomic mass is 9.82. The van der Waals surface area contributed by atoms with Crippen molar-refractivity contribution in [1.29, 1.82) is 0 Å². The van der Waals surface area contributed by atoms with Crippen LogP contribution in [0.4, 0.5) is 0 Å². The van der Waals surface area contributed by atoms with Crippen molar-refractivity contribution in [1.82, 2.24) is 10.2 Å². The highest BCUT2D eigenvalue weighted by molar-refractivity contribution is 4.90. The third-order valence-corrected chi connectivity index (χ3v) is 5.44. The van der Waals surface area contributed by atoms with Gasteiger partial charge in [0.05, 0.1) is 0 Å². The molecule has 1 saturated carbocycles. The second kappa shape index (κ2) is 7.79. The van der Waals surface area contributed by atoms with Crippen LogP contribution in [0.5, 0.6) is 0 Å². The summed E-state index contributed by atoms with van der Waals surface area (Å²) in [5.41, 5.74) is 0. The van der Waals surface area contributed by atoms with Crippen molar-refractivity contribution in [2.45, 2.75) is 90.8 Å². The molecule has 2 nitrogen and oxygen atoms in total. The Balaban J connectivity index is 1.83. The van der Waals surface area contributed by atoms with Gasteiger partial charge >= 0.3 is 0 Å². The fourth-order valence-corrected chi connectivity index (χ4v) is 4.36. The molecule has 0 aromatic heterocycles. The normalized spacial score (nSPS) is 36.5. The van der Waals surface area contributed by atoms with E-state index in [0.717, 1.165) is 30.0 Å². The highest BCUT2D eigenvalue weighted by Crippen LogP contribution is 2.32. The zero-order chi connectivity index (χ0) is 14.5. The summed E-state index contributed by atoms with van der Waals surface area (Å²) >= 11 is 0. The molecule has 1 N–H and O–H groups in total. The Morgan fingerprint density at radius 3 is 2.45 bits per heavy atom. The van der Waals surface area contributed by atoms with Crippen LogP contribution in [0.3, 0.4) is 0 Å². The molecule has 1 saturated heterocycles. The molecule has 0 amide bonds. The number of piperazine rings is 1. The van der Waals surface area contributed by atoms with Gasteiger partial charge in [-0.25, -0.2) is 0 Å². The molecule has 1 aliphatic carbocycles. The van der Waals surface area contributed by atoms with Crippen molar-refractivity contribution in [3.8, 4) is 0 Å². The van der Waals surface area contributed by atoms with E-state index in [9.17, 15) is 0 Å². The van der Waals surface area contributed by atoms with Crippen LogP contribution >= 0.6 is 0 Å². The Kier molecular flexibility index (Phi) is 6.35. The predicted octanol–water partition coefficient (Wildman–Crippen LogP) is 4.05. The van der Waals surface area contributed by atoms with Crippen molar-refractivity contribution >= 4 is 0 Å². The smallest absolute Gasteiger partial charge is 0.0198 e. The summed E-state index contributed by atoms with van der Waals surface area (Å²) in [5, 5.41) is 3.76. The van der Waals surface area contributed by atoms with E-state index in [1.165, 1.54) is 58.0 Å². The highest BCUT2D eigenvalue weighted by atomic mass is 15.2. The summed E-state index contributed by atoms with van der Waals surface area (Å²) in [4.78, 5) is 2.84. The lowest BCUT2D eigenvalue weighted by Crippen LogP contribution is -2.59. The van der Waals surface area contributed by atoms with Gasteiger partial charge in [-0.3, -0.25) is 4.90 Å². The number of rotatable bonds is 5. The molecule has 2 rings (SSSR count). The molecule has 0 bridgehead atoms. The van der Waals surface area contributed by atoms with Crippen LogP contribution in [0.2, 0.25) is 0 Å². The Hall–Kier alpha value is -0.0800. The quantitative estimate of drug-likeness (QED) is 0.817. The zero-order valence-corrected chi connectivity index (χ0v) is 14.2. The molecule has 0 aromatic rings. The second-order valence-electron chi connectivity index (χ2n) is 7.74. The highest BCUT2D eigenvalue weighted by Gasteiger charge is 2.32. The third-order valence-electron chi connectivity index (χ3n) is 5.44. The summed E-state index contributed by atoms with van der Waals surface area (Å²) in [7, 11) is 0. The average molecular weight is 281 g/mol. The summed E-state index contributed by atoms with van der Waals surface area (Å²) in [6, 6.07) is 2.32. The maximum absolute atomic E-state index is 3.76. The molecule has 2 fully saturated rings. The van der Waals surface area contributed by atoms with Crippen molar-refractivity contribution in [2.75, 3.05) is 13.1 Å². The van der Waals surface area contributed by atoms with E-state index in [1.54, 1.807) is 0 Å². The van der Waals surface area contributed by atoms with Crippen molar-refractivity contribution in [3.63, 3.8) is 0 Å². The molecule has 20 heavy (non-hydrogen) atoms. The average Bonchev–Trinajstić information content (AvgIpc) is 2.42. The molecule has 2 heteroatoms. The molecule has 0 spiro atoms. The fraction of sp³-hybridized carbons (Fsp3) is 1.00. The van der Waals surface area contributed by atoms with E-state index in [1.807, 2.05) is 0 Å². The van der Waals surface area contributed by atoms with Gasteiger partial charge in [0.15, 0.2) is 0 Å². The van der Waals surface area contributed by atoms with E-state index >= 15 is 0 Å². The summed E-state index contributed by atoms with van der Waals surface area (Å²) in [6.45, 7) is 11.9. The van der Waals surface area contributed by atoms with Crippen LogP contribution in [0.1, 0.15) is 72.6 Å². The van der Waals surface area contributed by atoms with E-state index in [2.05, 4.69) is 37.9 Å². The lowest BCUT2D eigenvalue weighted by Gasteiger charge is -2.46. The van der Waals surface area contributed by atoms with Gasteiger partial charge in [-0.15, -0.1) is 0 Å². The standard InChI is InChI=1S/C18H36N2/c1-5-6-16-7-9-18(10-8-16)20-13-17(11-14(2)3)19-12-15(20)4/h14-19H,5-13H2,1-4H3. The van der Waals surface area contributed by atoms with Gasteiger partial charge in [0.1, 0.15) is 0 Å². The molecular formula is C18H36N2. The summed E-state index contributed by atoms with van der Waals surface area (Å²) < 4.78 is 0. The number of nitrogens with zero attached hydrogens (tertiary/aromatic N) is 1. The number of hydrogen-bond acceptors (Lipinski definition) is 2. The largest absolute Gasteiger partial charge is 0.311 e. The zero-order valence-electron chi connectivity index (χ0n) is 14.2. The molecule has 2 atom stereocenters. The van der Waals surface area contributed by atoms with Crippen LogP contribution in [0.15, 0.2) is 0 Å². The molecule has 2 unspecified atom stereocenters. The molecular weight excluding hydrogens is 244 g/mol. The fourth-order valence-electron chi connectivity index (χ4n) is 4.36. The van der Waals surface area contributed by atoms with E-state index in [-0.39, 0.29) is 0 Å². The Labute approximate surface area is 126 Å². The molecule has 0 radical (unpaired) electrons. The van der Waals surface area contributed by atoms with Crippen molar-refractivity contribution in [3.05, 3.63) is 0 Å². The maximum Gasteiger partial charge on any atom is 0.0198 e. The van der Waals surface area contributed by atoms with Crippen LogP contribution in [-0.4, -0.2) is 36.1 Å². The minimum absolute atomic E-state index is 0.722. The van der Waals surface area contributed by atoms with Crippen LogP contribution < -0.4 is 5.32 Å². The van der Waals surface area contributed by atoms with E-state index < -0.39 is 0 Å². The minimum atomic E-state index is 0.722. The van der Waals surface area contributed by atoms with E-state index in [4.69, 9.17) is 0 Å². The van der Waals surface area contributed by atoms with Crippen LogP contribution in [0, 0.1) is 11.8 Å². The number of nitrogens with one attached hydrogen (secondary N) is 1. The summed E-state index contributed by atoms with van der Waals surface area (Å²) in [6.07, 6.45) is 10.0. The molecule has 0 aromatic carbocycles. The maximum atomic E-state index is 3.76. The minimum Gasteiger partial charge on any atom is -0.311 e. The first-order chi connectivity index (χ1) is 9.60. The van der Waals surface area contributed by atoms with Gasteiger partial charge < -0.3 is 5.32 Å². The molecule has 2 aliphatic rings. The Morgan fingerprint density at radius 1 is 1.15 bits per heavy atom. The van der Waals surface area contributed by atoms with Gasteiger partial charge in [0.2, 0.25) is 0 Å². The second-order valence-corrected chi connectivity index (χ2v) is 7.74.